The molecule has 1 aromatic rings. The number of nitrogens with one attached hydrogen (secondary N) is 1. The van der Waals surface area contributed by atoms with Crippen LogP contribution in [0.15, 0.2) is 17.1 Å². The largest absolute Gasteiger partial charge is 0.490 e. The van der Waals surface area contributed by atoms with Gasteiger partial charge in [0.25, 0.3) is 5.56 Å². The highest BCUT2D eigenvalue weighted by Gasteiger charge is 2.46. The lowest BCUT2D eigenvalue weighted by Crippen LogP contribution is -2.35. The maximum absolute atomic E-state index is 12.0. The first kappa shape index (κ1) is 25.0. The molecule has 1 fully saturated rings. The molecule has 1 aromatic heterocycles. The van der Waals surface area contributed by atoms with Crippen molar-refractivity contribution in [3.05, 3.63) is 27.4 Å². The molecule has 6 atom stereocenters. The Bertz CT molecular complexity index is 977. The number of aliphatic hydroxyl groups is 2. The van der Waals surface area contributed by atoms with Gasteiger partial charge in [-0.2, -0.15) is 8.62 Å². The summed E-state index contributed by atoms with van der Waals surface area (Å²) in [5.41, 5.74) is -0.592. The van der Waals surface area contributed by atoms with E-state index in [1.54, 1.807) is 0 Å². The maximum Gasteiger partial charge on any atom is 0.490 e. The number of phosphoric ester groups is 1. The molecule has 1 saturated heterocycles. The molecule has 15 nitrogen and oxygen atoms in total. The molecular formula is C9H15N2O13P3S2. The third-order valence-electron chi connectivity index (χ3n) is 3.30. The molecule has 166 valence electrons. The zero-order valence-corrected chi connectivity index (χ0v) is 18.1. The minimum absolute atomic E-state index is 0.0604. The normalized spacial score (nSPS) is 29.3. The highest BCUT2D eigenvalue weighted by atomic mass is 32.2. The van der Waals surface area contributed by atoms with Gasteiger partial charge in [0.1, 0.15) is 11.5 Å². The summed E-state index contributed by atoms with van der Waals surface area (Å²) in [7, 11) is -16.6. The lowest BCUT2D eigenvalue weighted by Gasteiger charge is -2.19. The Kier molecular flexibility index (Phi) is 7.86. The van der Waals surface area contributed by atoms with Gasteiger partial charge < -0.3 is 34.8 Å². The van der Waals surface area contributed by atoms with Crippen molar-refractivity contribution in [1.82, 2.24) is 9.55 Å². The molecular weight excluding hydrogens is 501 g/mol. The molecule has 2 unspecified atom stereocenters. The van der Waals surface area contributed by atoms with Crippen molar-refractivity contribution >= 4 is 47.4 Å². The minimum Gasteiger partial charge on any atom is -0.389 e. The second kappa shape index (κ2) is 9.10. The number of nitrogens with zero attached hydrogens (tertiary/aromatic N) is 1. The number of aromatic nitrogens is 2. The number of aliphatic hydroxyl groups excluding tert-OH is 2. The lowest BCUT2D eigenvalue weighted by atomic mass is 10.1. The third-order valence-corrected chi connectivity index (χ3v) is 8.95. The summed E-state index contributed by atoms with van der Waals surface area (Å²) in [6.07, 6.45) is -1.83. The number of aromatic amines is 1. The van der Waals surface area contributed by atoms with E-state index in [-0.39, 0.29) is 4.77 Å². The van der Waals surface area contributed by atoms with Crippen molar-refractivity contribution in [1.29, 1.82) is 0 Å². The number of hydrogen-bond acceptors (Lipinski definition) is 11. The van der Waals surface area contributed by atoms with Gasteiger partial charge in [-0.1, -0.05) is 0 Å². The van der Waals surface area contributed by atoms with E-state index < -0.39 is 58.5 Å². The van der Waals surface area contributed by atoms with E-state index in [0.717, 1.165) is 22.4 Å². The molecule has 0 amide bonds. The van der Waals surface area contributed by atoms with Gasteiger partial charge in [-0.15, -0.1) is 11.8 Å². The van der Waals surface area contributed by atoms with Crippen molar-refractivity contribution in [3.63, 3.8) is 0 Å². The Hall–Kier alpha value is -0.220. The van der Waals surface area contributed by atoms with Gasteiger partial charge in [0, 0.05) is 12.3 Å². The standard InChI is InChI=1S/C9H15N2O13P3S2/c12-5-1-2-10-9(28)11(5)8-7(14)6(13)4(29-8)3-22-26(18,19)24-27(20,21)23-25(15,16)17/h1-2,4,6-8,13-14H,3H2,(H,10,28)(H,18,19)(H,20,21)(H2,15,16,17)/t4-,6-,7-,8-/m1/s1. The van der Waals surface area contributed by atoms with Crippen molar-refractivity contribution < 1.29 is 56.6 Å². The second-order valence-corrected chi connectivity index (χ2v) is 11.6. The van der Waals surface area contributed by atoms with Crippen molar-refractivity contribution in [2.75, 3.05) is 6.61 Å². The van der Waals surface area contributed by atoms with E-state index in [0.29, 0.717) is 0 Å². The van der Waals surface area contributed by atoms with Crippen LogP contribution < -0.4 is 5.56 Å². The molecule has 0 saturated carbocycles. The van der Waals surface area contributed by atoms with E-state index in [9.17, 15) is 33.6 Å². The van der Waals surface area contributed by atoms with Crippen LogP contribution in [0.1, 0.15) is 5.37 Å². The Morgan fingerprint density at radius 1 is 1.10 bits per heavy atom. The van der Waals surface area contributed by atoms with Crippen LogP contribution in [0, 0.1) is 4.77 Å². The zero-order valence-electron chi connectivity index (χ0n) is 13.8. The van der Waals surface area contributed by atoms with Crippen molar-refractivity contribution in [2.24, 2.45) is 0 Å². The molecule has 2 heterocycles. The molecule has 7 N–H and O–H groups in total. The fourth-order valence-corrected chi connectivity index (χ4v) is 7.19. The maximum atomic E-state index is 12.0. The van der Waals surface area contributed by atoms with Crippen LogP contribution in [0.2, 0.25) is 0 Å². The number of H-pyrrole nitrogens is 1. The Morgan fingerprint density at radius 3 is 2.28 bits per heavy atom. The molecule has 0 radical (unpaired) electrons. The molecule has 1 aliphatic rings. The Balaban J connectivity index is 2.08. The molecule has 0 bridgehead atoms. The highest BCUT2D eigenvalue weighted by molar-refractivity contribution is 8.00. The fraction of sp³-hybridized carbons (Fsp3) is 0.556. The topological polar surface area (TPSA) is 238 Å². The van der Waals surface area contributed by atoms with E-state index in [1.165, 1.54) is 6.20 Å². The van der Waals surface area contributed by atoms with Gasteiger partial charge in [-0.25, -0.2) is 13.7 Å². The third kappa shape index (κ3) is 6.89. The van der Waals surface area contributed by atoms with Gasteiger partial charge in [0.15, 0.2) is 4.77 Å². The second-order valence-electron chi connectivity index (χ2n) is 5.42. The minimum atomic E-state index is -5.68. The summed E-state index contributed by atoms with van der Waals surface area (Å²) in [6, 6.07) is 1.12. The molecule has 0 spiro atoms. The van der Waals surface area contributed by atoms with Crippen LogP contribution in [0.25, 0.3) is 0 Å². The van der Waals surface area contributed by atoms with E-state index in [4.69, 9.17) is 26.9 Å². The Labute approximate surface area is 170 Å². The van der Waals surface area contributed by atoms with Crippen LogP contribution in [0.4, 0.5) is 0 Å². The van der Waals surface area contributed by atoms with Crippen molar-refractivity contribution in [2.45, 2.75) is 22.8 Å². The predicted octanol–water partition coefficient (Wildman–Crippen LogP) is -0.415. The van der Waals surface area contributed by atoms with E-state index in [2.05, 4.69) is 18.1 Å². The molecule has 0 aliphatic carbocycles. The van der Waals surface area contributed by atoms with Gasteiger partial charge >= 0.3 is 23.5 Å². The summed E-state index contributed by atoms with van der Waals surface area (Å²) < 4.78 is 46.1. The van der Waals surface area contributed by atoms with Gasteiger partial charge in [-0.3, -0.25) is 13.9 Å². The molecule has 20 heteroatoms. The molecule has 2 rings (SSSR count). The first-order chi connectivity index (χ1) is 13.1. The number of phosphoric acid groups is 3. The van der Waals surface area contributed by atoms with Crippen LogP contribution >= 0.6 is 47.4 Å². The fourth-order valence-electron chi connectivity index (χ4n) is 2.23. The molecule has 29 heavy (non-hydrogen) atoms. The predicted molar refractivity (Wildman–Crippen MR) is 98.1 cm³/mol. The summed E-state index contributed by atoms with van der Waals surface area (Å²) >= 11 is 5.72. The number of thioether (sulfide) groups is 1. The summed E-state index contributed by atoms with van der Waals surface area (Å²) in [5, 5.41) is 18.1. The smallest absolute Gasteiger partial charge is 0.389 e. The highest BCUT2D eigenvalue weighted by Crippen LogP contribution is 2.66. The van der Waals surface area contributed by atoms with Crippen LogP contribution in [0.5, 0.6) is 0 Å². The van der Waals surface area contributed by atoms with Crippen LogP contribution in [0.3, 0.4) is 0 Å². The summed E-state index contributed by atoms with van der Waals surface area (Å²) in [5.74, 6) is 0. The van der Waals surface area contributed by atoms with E-state index in [1.807, 2.05) is 0 Å². The van der Waals surface area contributed by atoms with Gasteiger partial charge in [0.05, 0.1) is 18.0 Å². The SMILES string of the molecule is O=c1cc[nH]c(=S)n1[C@@H]1S[C@H](COP(=O)(O)OP(=O)(O)OP(=O)(O)O)[C@@H](O)[C@H]1O. The average molecular weight is 516 g/mol. The summed E-state index contributed by atoms with van der Waals surface area (Å²) in [6.45, 7) is -0.832. The molecule has 0 aromatic carbocycles. The first-order valence-corrected chi connectivity index (χ1v) is 13.1. The first-order valence-electron chi connectivity index (χ1n) is 7.22. The number of rotatable bonds is 8. The Morgan fingerprint density at radius 2 is 1.72 bits per heavy atom. The van der Waals surface area contributed by atoms with E-state index >= 15 is 0 Å². The monoisotopic (exact) mass is 516 g/mol. The zero-order chi connectivity index (χ0) is 22.2. The lowest BCUT2D eigenvalue weighted by molar-refractivity contribution is 0.00981. The van der Waals surface area contributed by atoms with Crippen LogP contribution in [-0.4, -0.2) is 63.4 Å². The number of hydrogen-bond donors (Lipinski definition) is 7. The average Bonchev–Trinajstić information content (AvgIpc) is 2.78. The van der Waals surface area contributed by atoms with Gasteiger partial charge in [-0.05, 0) is 12.2 Å². The summed E-state index contributed by atoms with van der Waals surface area (Å²) in [4.78, 5) is 50.0. The quantitative estimate of drug-likeness (QED) is 0.172. The van der Waals surface area contributed by atoms with Gasteiger partial charge in [0.2, 0.25) is 0 Å². The van der Waals surface area contributed by atoms with Crippen molar-refractivity contribution in [3.8, 4) is 0 Å². The van der Waals surface area contributed by atoms with Crippen LogP contribution in [-0.2, 0) is 26.8 Å². The molecule has 1 aliphatic heterocycles.